The highest BCUT2D eigenvalue weighted by Gasteiger charge is 2.13. The first-order chi connectivity index (χ1) is 13.5. The number of pyridine rings is 1. The first kappa shape index (κ1) is 19.7. The molecular formula is C22H26N4O2. The van der Waals surface area contributed by atoms with Gasteiger partial charge in [-0.1, -0.05) is 49.3 Å². The minimum Gasteiger partial charge on any atom is -0.345 e. The van der Waals surface area contributed by atoms with Gasteiger partial charge in [0.25, 0.3) is 0 Å². The van der Waals surface area contributed by atoms with Crippen molar-refractivity contribution in [1.82, 2.24) is 20.0 Å². The summed E-state index contributed by atoms with van der Waals surface area (Å²) in [6.07, 6.45) is 3.28. The molecular weight excluding hydrogens is 352 g/mol. The molecule has 0 fully saturated rings. The number of carbonyl (C=O) groups is 1. The van der Waals surface area contributed by atoms with Crippen LogP contribution in [0.2, 0.25) is 0 Å². The number of amides is 1. The monoisotopic (exact) mass is 378 g/mol. The van der Waals surface area contributed by atoms with Gasteiger partial charge in [-0.3, -0.25) is 9.78 Å². The Labute approximate surface area is 165 Å². The van der Waals surface area contributed by atoms with Crippen molar-refractivity contribution in [3.8, 4) is 11.4 Å². The summed E-state index contributed by atoms with van der Waals surface area (Å²) >= 11 is 0. The smallest absolute Gasteiger partial charge is 0.227 e. The topological polar surface area (TPSA) is 72.1 Å². The normalized spacial score (nSPS) is 11.0. The number of carbonyl (C=O) groups excluding carboxylic acids is 1. The summed E-state index contributed by atoms with van der Waals surface area (Å²) in [5.41, 5.74) is 3.16. The fourth-order valence-electron chi connectivity index (χ4n) is 2.85. The molecule has 0 atom stereocenters. The second-order valence-corrected chi connectivity index (χ2v) is 7.17. The lowest BCUT2D eigenvalue weighted by Crippen LogP contribution is -2.29. The maximum atomic E-state index is 12.3. The Morgan fingerprint density at radius 2 is 1.89 bits per heavy atom. The Kier molecular flexibility index (Phi) is 6.53. The van der Waals surface area contributed by atoms with E-state index in [1.807, 2.05) is 30.3 Å². The summed E-state index contributed by atoms with van der Waals surface area (Å²) in [7, 11) is 1.81. The molecule has 0 spiro atoms. The minimum atomic E-state index is 0.0527. The predicted molar refractivity (Wildman–Crippen MR) is 108 cm³/mol. The van der Waals surface area contributed by atoms with Crippen molar-refractivity contribution < 1.29 is 9.32 Å². The van der Waals surface area contributed by atoms with Gasteiger partial charge in [0.15, 0.2) is 0 Å². The lowest BCUT2D eigenvalue weighted by Gasteiger charge is -2.16. The predicted octanol–water partition coefficient (Wildman–Crippen LogP) is 3.89. The number of hydrogen-bond donors (Lipinski definition) is 0. The van der Waals surface area contributed by atoms with E-state index in [-0.39, 0.29) is 5.91 Å². The number of rotatable bonds is 8. The quantitative estimate of drug-likeness (QED) is 0.595. The van der Waals surface area contributed by atoms with Gasteiger partial charge in [-0.2, -0.15) is 4.98 Å². The van der Waals surface area contributed by atoms with E-state index in [0.29, 0.717) is 37.0 Å². The maximum absolute atomic E-state index is 12.3. The van der Waals surface area contributed by atoms with E-state index in [1.165, 1.54) is 5.56 Å². The number of hydrogen-bond acceptors (Lipinski definition) is 5. The highest BCUT2D eigenvalue weighted by molar-refractivity contribution is 5.76. The van der Waals surface area contributed by atoms with E-state index < -0.39 is 0 Å². The van der Waals surface area contributed by atoms with Gasteiger partial charge in [-0.05, 0) is 23.6 Å². The van der Waals surface area contributed by atoms with Crippen molar-refractivity contribution in [3.05, 3.63) is 65.8 Å². The molecule has 0 unspecified atom stereocenters. The van der Waals surface area contributed by atoms with Crippen molar-refractivity contribution in [2.24, 2.45) is 0 Å². The maximum Gasteiger partial charge on any atom is 0.227 e. The minimum absolute atomic E-state index is 0.0527. The van der Waals surface area contributed by atoms with Crippen LogP contribution in [0.4, 0.5) is 0 Å². The van der Waals surface area contributed by atoms with Gasteiger partial charge in [0.1, 0.15) is 0 Å². The molecule has 0 aliphatic carbocycles. The zero-order valence-corrected chi connectivity index (χ0v) is 16.6. The van der Waals surface area contributed by atoms with E-state index in [2.05, 4.69) is 41.1 Å². The Bertz CT molecular complexity index is 888. The van der Waals surface area contributed by atoms with Gasteiger partial charge in [0, 0.05) is 50.3 Å². The summed E-state index contributed by atoms with van der Waals surface area (Å²) in [4.78, 5) is 22.8. The van der Waals surface area contributed by atoms with E-state index in [4.69, 9.17) is 4.52 Å². The van der Waals surface area contributed by atoms with Crippen LogP contribution in [0, 0.1) is 0 Å². The standard InChI is InChI=1S/C22H26N4O2/c1-16(2)17-7-9-18(10-8-17)22-24-20(28-25-22)11-12-21(27)26(3)15-13-19-6-4-5-14-23-19/h4-10,14,16H,11-13,15H2,1-3H3. The molecule has 0 saturated heterocycles. The molecule has 2 aromatic heterocycles. The van der Waals surface area contributed by atoms with Crippen molar-refractivity contribution in [2.75, 3.05) is 13.6 Å². The highest BCUT2D eigenvalue weighted by atomic mass is 16.5. The molecule has 0 saturated carbocycles. The van der Waals surface area contributed by atoms with E-state index >= 15 is 0 Å². The van der Waals surface area contributed by atoms with E-state index in [1.54, 1.807) is 18.1 Å². The molecule has 6 nitrogen and oxygen atoms in total. The summed E-state index contributed by atoms with van der Waals surface area (Å²) < 4.78 is 5.31. The van der Waals surface area contributed by atoms with Gasteiger partial charge in [-0.25, -0.2) is 0 Å². The third kappa shape index (κ3) is 5.25. The van der Waals surface area contributed by atoms with E-state index in [9.17, 15) is 4.79 Å². The zero-order valence-electron chi connectivity index (χ0n) is 16.6. The van der Waals surface area contributed by atoms with Crippen LogP contribution in [0.1, 0.15) is 43.3 Å². The Hall–Kier alpha value is -3.02. The van der Waals surface area contributed by atoms with Gasteiger partial charge in [0.05, 0.1) is 0 Å². The van der Waals surface area contributed by atoms with Crippen LogP contribution in [0.25, 0.3) is 11.4 Å². The van der Waals surface area contributed by atoms with Crippen LogP contribution in [0.3, 0.4) is 0 Å². The van der Waals surface area contributed by atoms with Crippen LogP contribution >= 0.6 is 0 Å². The molecule has 0 aliphatic rings. The van der Waals surface area contributed by atoms with Crippen LogP contribution in [0.15, 0.2) is 53.2 Å². The largest absolute Gasteiger partial charge is 0.345 e. The van der Waals surface area contributed by atoms with E-state index in [0.717, 1.165) is 17.7 Å². The third-order valence-electron chi connectivity index (χ3n) is 4.71. The number of aryl methyl sites for hydroxylation is 1. The van der Waals surface area contributed by atoms with Crippen LogP contribution in [-0.2, 0) is 17.6 Å². The Morgan fingerprint density at radius 3 is 2.57 bits per heavy atom. The van der Waals surface area contributed by atoms with Crippen molar-refractivity contribution in [3.63, 3.8) is 0 Å². The average Bonchev–Trinajstić information content (AvgIpc) is 3.20. The summed E-state index contributed by atoms with van der Waals surface area (Å²) in [6, 6.07) is 14.0. The molecule has 6 heteroatoms. The first-order valence-electron chi connectivity index (χ1n) is 9.59. The molecule has 3 rings (SSSR count). The number of aromatic nitrogens is 3. The summed E-state index contributed by atoms with van der Waals surface area (Å²) in [6.45, 7) is 4.95. The van der Waals surface area contributed by atoms with Crippen LogP contribution in [-0.4, -0.2) is 39.5 Å². The molecule has 2 heterocycles. The molecule has 0 N–H and O–H groups in total. The van der Waals surface area contributed by atoms with Crippen molar-refractivity contribution in [1.29, 1.82) is 0 Å². The zero-order chi connectivity index (χ0) is 19.9. The lowest BCUT2D eigenvalue weighted by molar-refractivity contribution is -0.129. The van der Waals surface area contributed by atoms with Crippen molar-refractivity contribution >= 4 is 5.91 Å². The SMILES string of the molecule is CC(C)c1ccc(-c2noc(CCC(=O)N(C)CCc3ccccn3)n2)cc1. The van der Waals surface area contributed by atoms with Gasteiger partial charge in [-0.15, -0.1) is 0 Å². The van der Waals surface area contributed by atoms with Crippen molar-refractivity contribution in [2.45, 2.75) is 39.0 Å². The van der Waals surface area contributed by atoms with Gasteiger partial charge >= 0.3 is 0 Å². The Morgan fingerprint density at radius 1 is 1.11 bits per heavy atom. The molecule has 146 valence electrons. The van der Waals surface area contributed by atoms with Gasteiger partial charge in [0.2, 0.25) is 17.6 Å². The highest BCUT2D eigenvalue weighted by Crippen LogP contribution is 2.20. The van der Waals surface area contributed by atoms with Gasteiger partial charge < -0.3 is 9.42 Å². The average molecular weight is 378 g/mol. The number of benzene rings is 1. The number of likely N-dealkylation sites (N-methyl/N-ethyl adjacent to an activating group) is 1. The molecule has 0 bridgehead atoms. The van der Waals surface area contributed by atoms with Crippen LogP contribution < -0.4 is 0 Å². The Balaban J connectivity index is 1.50. The first-order valence-corrected chi connectivity index (χ1v) is 9.59. The third-order valence-corrected chi connectivity index (χ3v) is 4.71. The molecule has 0 aliphatic heterocycles. The number of nitrogens with zero attached hydrogens (tertiary/aromatic N) is 4. The molecule has 1 amide bonds. The molecule has 3 aromatic rings. The second kappa shape index (κ2) is 9.26. The summed E-state index contributed by atoms with van der Waals surface area (Å²) in [5.74, 6) is 1.57. The van der Waals surface area contributed by atoms with Crippen LogP contribution in [0.5, 0.6) is 0 Å². The molecule has 0 radical (unpaired) electrons. The fourth-order valence-corrected chi connectivity index (χ4v) is 2.85. The fraction of sp³-hybridized carbons (Fsp3) is 0.364. The second-order valence-electron chi connectivity index (χ2n) is 7.17. The summed E-state index contributed by atoms with van der Waals surface area (Å²) in [5, 5.41) is 4.04. The molecule has 28 heavy (non-hydrogen) atoms. The molecule has 1 aromatic carbocycles. The lowest BCUT2D eigenvalue weighted by atomic mass is 10.0.